The number of carbonyl (C=O) groups is 1. The molecule has 156 valence electrons. The molecule has 0 N–H and O–H groups in total. The van der Waals surface area contributed by atoms with Gasteiger partial charge in [0.2, 0.25) is 0 Å². The molecule has 0 aliphatic carbocycles. The van der Waals surface area contributed by atoms with E-state index >= 15 is 0 Å². The van der Waals surface area contributed by atoms with Gasteiger partial charge in [-0.15, -0.1) is 0 Å². The molecule has 0 aliphatic heterocycles. The molecule has 3 rings (SSSR count). The van der Waals surface area contributed by atoms with Crippen molar-refractivity contribution in [2.75, 3.05) is 20.3 Å². The van der Waals surface area contributed by atoms with Gasteiger partial charge >= 0.3 is 0 Å². The monoisotopic (exact) mass is 406 g/mol. The molecule has 0 unspecified atom stereocenters. The van der Waals surface area contributed by atoms with Gasteiger partial charge in [-0.05, 0) is 61.0 Å². The van der Waals surface area contributed by atoms with Crippen LogP contribution in [0.2, 0.25) is 0 Å². The van der Waals surface area contributed by atoms with Crippen LogP contribution in [0.3, 0.4) is 0 Å². The van der Waals surface area contributed by atoms with Crippen molar-refractivity contribution in [3.05, 3.63) is 84.4 Å². The molecule has 0 aromatic heterocycles. The van der Waals surface area contributed by atoms with Crippen molar-refractivity contribution >= 4 is 5.78 Å². The highest BCUT2D eigenvalue weighted by Crippen LogP contribution is 2.23. The number of carbonyl (C=O) groups excluding carboxylic acids is 1. The summed E-state index contributed by atoms with van der Waals surface area (Å²) in [6.45, 7) is 2.39. The molecule has 0 saturated carbocycles. The van der Waals surface area contributed by atoms with E-state index in [0.29, 0.717) is 19.6 Å². The van der Waals surface area contributed by atoms with Crippen LogP contribution >= 0.6 is 0 Å². The second kappa shape index (κ2) is 11.0. The molecule has 1 atom stereocenters. The molecule has 5 heteroatoms. The summed E-state index contributed by atoms with van der Waals surface area (Å²) in [7, 11) is 1.55. The topological polar surface area (TPSA) is 54.0 Å². The number of rotatable bonds is 11. The average molecular weight is 406 g/mol. The molecule has 0 radical (unpaired) electrons. The molecular weight excluding hydrogens is 380 g/mol. The normalized spacial score (nSPS) is 11.5. The Morgan fingerprint density at radius 1 is 0.733 bits per heavy atom. The third-order valence-electron chi connectivity index (χ3n) is 4.51. The largest absolute Gasteiger partial charge is 0.490 e. The van der Waals surface area contributed by atoms with Crippen LogP contribution in [0.15, 0.2) is 78.9 Å². The van der Waals surface area contributed by atoms with Gasteiger partial charge in [-0.2, -0.15) is 0 Å². The van der Waals surface area contributed by atoms with Gasteiger partial charge < -0.3 is 18.9 Å². The van der Waals surface area contributed by atoms with Crippen molar-refractivity contribution in [3.8, 4) is 23.0 Å². The predicted octanol–water partition coefficient (Wildman–Crippen LogP) is 5.08. The SMILES string of the molecule is CO[C@@H](Cc1ccc(OCCOc2ccc(Oc3ccccc3)cc2)cc1)C(C)=O. The van der Waals surface area contributed by atoms with Gasteiger partial charge in [-0.1, -0.05) is 30.3 Å². The second-order valence-corrected chi connectivity index (χ2v) is 6.77. The lowest BCUT2D eigenvalue weighted by Gasteiger charge is -2.12. The quantitative estimate of drug-likeness (QED) is 0.416. The molecule has 0 saturated heterocycles. The molecule has 0 spiro atoms. The van der Waals surface area contributed by atoms with Crippen LogP contribution in [-0.2, 0) is 16.0 Å². The maximum absolute atomic E-state index is 11.5. The minimum absolute atomic E-state index is 0.0228. The first-order chi connectivity index (χ1) is 14.6. The minimum Gasteiger partial charge on any atom is -0.490 e. The van der Waals surface area contributed by atoms with E-state index in [0.717, 1.165) is 28.6 Å². The number of ether oxygens (including phenoxy) is 4. The fourth-order valence-electron chi connectivity index (χ4n) is 2.88. The Bertz CT molecular complexity index is 905. The zero-order valence-corrected chi connectivity index (χ0v) is 17.2. The second-order valence-electron chi connectivity index (χ2n) is 6.77. The van der Waals surface area contributed by atoms with Crippen molar-refractivity contribution in [3.63, 3.8) is 0 Å². The third kappa shape index (κ3) is 6.64. The first-order valence-electron chi connectivity index (χ1n) is 9.85. The fourth-order valence-corrected chi connectivity index (χ4v) is 2.88. The third-order valence-corrected chi connectivity index (χ3v) is 4.51. The Hall–Kier alpha value is -3.31. The highest BCUT2D eigenvalue weighted by Gasteiger charge is 2.13. The van der Waals surface area contributed by atoms with E-state index in [1.807, 2.05) is 78.9 Å². The minimum atomic E-state index is -0.408. The molecule has 0 aliphatic rings. The standard InChI is InChI=1S/C25H26O5/c1-19(26)25(27-2)18-20-8-10-21(11-9-20)28-16-17-29-22-12-14-24(15-13-22)30-23-6-4-3-5-7-23/h3-15,25H,16-18H2,1-2H3/t25-/m0/s1. The van der Waals surface area contributed by atoms with Crippen LogP contribution in [0.1, 0.15) is 12.5 Å². The number of hydrogen-bond acceptors (Lipinski definition) is 5. The number of Topliss-reactive ketones (excluding diaryl/α,β-unsaturated/α-hetero) is 1. The van der Waals surface area contributed by atoms with Crippen LogP contribution in [-0.4, -0.2) is 32.2 Å². The maximum atomic E-state index is 11.5. The van der Waals surface area contributed by atoms with Gasteiger partial charge in [0.15, 0.2) is 5.78 Å². The summed E-state index contributed by atoms with van der Waals surface area (Å²) in [5.41, 5.74) is 1.03. The summed E-state index contributed by atoms with van der Waals surface area (Å²) in [6, 6.07) is 24.8. The molecule has 3 aromatic carbocycles. The van der Waals surface area contributed by atoms with Crippen molar-refractivity contribution in [1.82, 2.24) is 0 Å². The van der Waals surface area contributed by atoms with Crippen molar-refractivity contribution < 1.29 is 23.7 Å². The van der Waals surface area contributed by atoms with E-state index in [1.54, 1.807) is 7.11 Å². The molecule has 0 amide bonds. The van der Waals surface area contributed by atoms with E-state index in [9.17, 15) is 4.79 Å². The molecule has 0 fully saturated rings. The van der Waals surface area contributed by atoms with E-state index in [1.165, 1.54) is 6.92 Å². The number of hydrogen-bond donors (Lipinski definition) is 0. The van der Waals surface area contributed by atoms with Crippen molar-refractivity contribution in [2.24, 2.45) is 0 Å². The van der Waals surface area contributed by atoms with Crippen LogP contribution in [0.5, 0.6) is 23.0 Å². The lowest BCUT2D eigenvalue weighted by Crippen LogP contribution is -2.22. The van der Waals surface area contributed by atoms with E-state index < -0.39 is 6.10 Å². The van der Waals surface area contributed by atoms with Crippen molar-refractivity contribution in [2.45, 2.75) is 19.4 Å². The Morgan fingerprint density at radius 3 is 1.77 bits per heavy atom. The van der Waals surface area contributed by atoms with Gasteiger partial charge in [-0.25, -0.2) is 0 Å². The zero-order valence-electron chi connectivity index (χ0n) is 17.2. The van der Waals surface area contributed by atoms with Crippen LogP contribution < -0.4 is 14.2 Å². The average Bonchev–Trinajstić information content (AvgIpc) is 2.77. The summed E-state index contributed by atoms with van der Waals surface area (Å²) in [6.07, 6.45) is 0.147. The smallest absolute Gasteiger partial charge is 0.158 e. The Morgan fingerprint density at radius 2 is 1.23 bits per heavy atom. The number of benzene rings is 3. The number of methoxy groups -OCH3 is 1. The summed E-state index contributed by atoms with van der Waals surface area (Å²) in [4.78, 5) is 11.5. The molecule has 0 bridgehead atoms. The molecule has 30 heavy (non-hydrogen) atoms. The first-order valence-corrected chi connectivity index (χ1v) is 9.85. The van der Waals surface area contributed by atoms with Crippen molar-refractivity contribution in [1.29, 1.82) is 0 Å². The molecule has 5 nitrogen and oxygen atoms in total. The van der Waals surface area contributed by atoms with E-state index in [-0.39, 0.29) is 5.78 Å². The maximum Gasteiger partial charge on any atom is 0.158 e. The summed E-state index contributed by atoms with van der Waals surface area (Å²) < 4.78 is 22.4. The highest BCUT2D eigenvalue weighted by atomic mass is 16.5. The van der Waals surface area contributed by atoms with Crippen LogP contribution in [0.4, 0.5) is 0 Å². The van der Waals surface area contributed by atoms with Gasteiger partial charge in [-0.3, -0.25) is 4.79 Å². The summed E-state index contributed by atoms with van der Waals surface area (Å²) >= 11 is 0. The van der Waals surface area contributed by atoms with Gasteiger partial charge in [0, 0.05) is 13.5 Å². The predicted molar refractivity (Wildman–Crippen MR) is 116 cm³/mol. The lowest BCUT2D eigenvalue weighted by atomic mass is 10.1. The number of para-hydroxylation sites is 1. The van der Waals surface area contributed by atoms with E-state index in [2.05, 4.69) is 0 Å². The summed E-state index contributed by atoms with van der Waals surface area (Å²) in [5.74, 6) is 3.08. The fraction of sp³-hybridized carbons (Fsp3) is 0.240. The van der Waals surface area contributed by atoms with E-state index in [4.69, 9.17) is 18.9 Å². The zero-order chi connectivity index (χ0) is 21.2. The summed E-state index contributed by atoms with van der Waals surface area (Å²) in [5, 5.41) is 0. The Kier molecular flexibility index (Phi) is 7.86. The van der Waals surface area contributed by atoms with Gasteiger partial charge in [0.05, 0.1) is 0 Å². The van der Waals surface area contributed by atoms with Gasteiger partial charge in [0.1, 0.15) is 42.3 Å². The molecular formula is C25H26O5. The number of ketones is 1. The first kappa shape index (κ1) is 21.4. The highest BCUT2D eigenvalue weighted by molar-refractivity contribution is 5.80. The molecule has 0 heterocycles. The van der Waals surface area contributed by atoms with Crippen LogP contribution in [0, 0.1) is 0 Å². The Labute approximate surface area is 177 Å². The van der Waals surface area contributed by atoms with Crippen LogP contribution in [0.25, 0.3) is 0 Å². The Balaban J connectivity index is 1.40. The lowest BCUT2D eigenvalue weighted by molar-refractivity contribution is -0.126. The van der Waals surface area contributed by atoms with Gasteiger partial charge in [0.25, 0.3) is 0 Å². The molecule has 3 aromatic rings.